The van der Waals surface area contributed by atoms with E-state index >= 15 is 0 Å². The molecule has 1 saturated heterocycles. The Morgan fingerprint density at radius 3 is 2.62 bits per heavy atom. The van der Waals surface area contributed by atoms with Crippen molar-refractivity contribution in [2.75, 3.05) is 7.11 Å². The largest absolute Gasteiger partial charge is 0.479 e. The first-order chi connectivity index (χ1) is 12.4. The summed E-state index contributed by atoms with van der Waals surface area (Å²) in [5.74, 6) is -1.72. The molecule has 1 amide bonds. The number of carboxylic acids is 1. The van der Waals surface area contributed by atoms with E-state index in [-0.39, 0.29) is 10.1 Å². The van der Waals surface area contributed by atoms with E-state index in [1.54, 1.807) is 24.3 Å². The summed E-state index contributed by atoms with van der Waals surface area (Å²) in [7, 11) is 1.22. The van der Waals surface area contributed by atoms with Crippen molar-refractivity contribution in [2.45, 2.75) is 13.0 Å². The predicted octanol–water partition coefficient (Wildman–Crippen LogP) is 1.15. The maximum Gasteiger partial charge on any atom is 0.344 e. The van der Waals surface area contributed by atoms with Crippen molar-refractivity contribution in [1.82, 2.24) is 5.32 Å². The molecule has 0 aliphatic carbocycles. The first kappa shape index (κ1) is 19.2. The number of thioether (sulfide) groups is 1. The number of carbonyl (C=O) groups is 3. The molecule has 9 nitrogen and oxygen atoms in total. The summed E-state index contributed by atoms with van der Waals surface area (Å²) in [6, 6.07) is 6.57. The van der Waals surface area contributed by atoms with E-state index in [2.05, 4.69) is 20.3 Å². The van der Waals surface area contributed by atoms with Crippen LogP contribution in [0.15, 0.2) is 45.4 Å². The SMILES string of the molecule is COC(=O)/C=C1/S/C(=N\N=Cc2ccc(OC(C)C(=O)O)cc2)NC1=O. The summed E-state index contributed by atoms with van der Waals surface area (Å²) >= 11 is 0.970. The molecule has 2 N–H and O–H groups in total. The van der Waals surface area contributed by atoms with Gasteiger partial charge in [-0.2, -0.15) is 5.10 Å². The highest BCUT2D eigenvalue weighted by Crippen LogP contribution is 2.23. The van der Waals surface area contributed by atoms with E-state index < -0.39 is 23.9 Å². The smallest absolute Gasteiger partial charge is 0.344 e. The average molecular weight is 377 g/mol. The molecule has 1 atom stereocenters. The molecule has 0 bridgehead atoms. The zero-order chi connectivity index (χ0) is 19.1. The number of hydrogen-bond donors (Lipinski definition) is 2. The molecule has 136 valence electrons. The average Bonchev–Trinajstić information content (AvgIpc) is 2.95. The maximum absolute atomic E-state index is 11.6. The van der Waals surface area contributed by atoms with Crippen LogP contribution in [-0.4, -0.2) is 47.5 Å². The van der Waals surface area contributed by atoms with Crippen LogP contribution in [0.4, 0.5) is 0 Å². The molecular weight excluding hydrogens is 362 g/mol. The van der Waals surface area contributed by atoms with Crippen LogP contribution in [0, 0.1) is 0 Å². The fourth-order valence-corrected chi connectivity index (χ4v) is 2.41. The third-order valence-corrected chi connectivity index (χ3v) is 3.90. The Hall–Kier alpha value is -3.14. The topological polar surface area (TPSA) is 127 Å². The highest BCUT2D eigenvalue weighted by atomic mass is 32.2. The number of methoxy groups -OCH3 is 1. The van der Waals surface area contributed by atoms with Crippen LogP contribution in [0.25, 0.3) is 0 Å². The second-order valence-electron chi connectivity index (χ2n) is 4.91. The van der Waals surface area contributed by atoms with Crippen molar-refractivity contribution >= 4 is 41.0 Å². The molecule has 0 saturated carbocycles. The highest BCUT2D eigenvalue weighted by Gasteiger charge is 2.24. The number of hydrogen-bond acceptors (Lipinski definition) is 8. The van der Waals surface area contributed by atoms with E-state index in [0.29, 0.717) is 11.3 Å². The molecule has 1 aromatic rings. The fraction of sp³-hybridized carbons (Fsp3) is 0.188. The number of ether oxygens (including phenoxy) is 2. The van der Waals surface area contributed by atoms with Crippen LogP contribution >= 0.6 is 11.8 Å². The summed E-state index contributed by atoms with van der Waals surface area (Å²) in [5, 5.41) is 19.2. The number of nitrogens with one attached hydrogen (secondary N) is 1. The summed E-state index contributed by atoms with van der Waals surface area (Å²) in [6.45, 7) is 1.43. The van der Waals surface area contributed by atoms with Gasteiger partial charge in [0.25, 0.3) is 5.91 Å². The number of rotatable bonds is 6. The molecule has 1 unspecified atom stereocenters. The van der Waals surface area contributed by atoms with Gasteiger partial charge >= 0.3 is 11.9 Å². The minimum Gasteiger partial charge on any atom is -0.479 e. The Bertz CT molecular complexity index is 801. The van der Waals surface area contributed by atoms with Gasteiger partial charge in [-0.15, -0.1) is 5.10 Å². The molecule has 0 aromatic heterocycles. The van der Waals surface area contributed by atoms with Crippen molar-refractivity contribution in [1.29, 1.82) is 0 Å². The molecule has 1 heterocycles. The summed E-state index contributed by atoms with van der Waals surface area (Å²) < 4.78 is 9.68. The van der Waals surface area contributed by atoms with E-state index in [4.69, 9.17) is 9.84 Å². The van der Waals surface area contributed by atoms with Crippen LogP contribution < -0.4 is 10.1 Å². The molecule has 1 aliphatic rings. The van der Waals surface area contributed by atoms with Gasteiger partial charge in [-0.05, 0) is 48.5 Å². The number of amides is 1. The van der Waals surface area contributed by atoms with Gasteiger partial charge in [-0.25, -0.2) is 9.59 Å². The second kappa shape index (κ2) is 8.81. The molecule has 26 heavy (non-hydrogen) atoms. The maximum atomic E-state index is 11.6. The molecule has 10 heteroatoms. The van der Waals surface area contributed by atoms with Gasteiger partial charge < -0.3 is 14.6 Å². The van der Waals surface area contributed by atoms with Crippen LogP contribution in [0.5, 0.6) is 5.75 Å². The Balaban J connectivity index is 1.97. The van der Waals surface area contributed by atoms with Crippen molar-refractivity contribution in [3.63, 3.8) is 0 Å². The van der Waals surface area contributed by atoms with Crippen LogP contribution in [0.2, 0.25) is 0 Å². The summed E-state index contributed by atoms with van der Waals surface area (Å²) in [4.78, 5) is 33.7. The molecular formula is C16H15N3O6S. The van der Waals surface area contributed by atoms with E-state index in [1.165, 1.54) is 20.2 Å². The van der Waals surface area contributed by atoms with E-state index in [9.17, 15) is 14.4 Å². The molecule has 1 fully saturated rings. The molecule has 0 spiro atoms. The van der Waals surface area contributed by atoms with Crippen molar-refractivity contribution in [3.05, 3.63) is 40.8 Å². The third-order valence-electron chi connectivity index (χ3n) is 3.00. The second-order valence-corrected chi connectivity index (χ2v) is 5.94. The normalized spacial score (nSPS) is 18.2. The van der Waals surface area contributed by atoms with Gasteiger partial charge in [0.15, 0.2) is 11.3 Å². The molecule has 1 aliphatic heterocycles. The van der Waals surface area contributed by atoms with Gasteiger partial charge in [0.1, 0.15) is 5.75 Å². The highest BCUT2D eigenvalue weighted by molar-refractivity contribution is 8.18. The van der Waals surface area contributed by atoms with Gasteiger partial charge in [0, 0.05) is 6.08 Å². The quantitative estimate of drug-likeness (QED) is 0.329. The molecule has 2 rings (SSSR count). The van der Waals surface area contributed by atoms with Gasteiger partial charge in [-0.1, -0.05) is 0 Å². The first-order valence-corrected chi connectivity index (χ1v) is 8.10. The number of carboxylic acid groups (broad SMARTS) is 1. The minimum absolute atomic E-state index is 0.167. The Labute approximate surface area is 152 Å². The standard InChI is InChI=1S/C16H15N3O6S/c1-9(15(22)23)25-11-5-3-10(4-6-11)8-17-19-16-18-14(21)12(26-16)7-13(20)24-2/h3-9H,1-2H3,(H,22,23)(H,18,19,21)/b12-7+,17-8?. The lowest BCUT2D eigenvalue weighted by Gasteiger charge is -2.09. The number of nitrogens with zero attached hydrogens (tertiary/aromatic N) is 2. The zero-order valence-corrected chi connectivity index (χ0v) is 14.6. The lowest BCUT2D eigenvalue weighted by Crippen LogP contribution is -2.22. The number of carbonyl (C=O) groups excluding carboxylic acids is 2. The van der Waals surface area contributed by atoms with Gasteiger partial charge in [0.05, 0.1) is 18.2 Å². The summed E-state index contributed by atoms with van der Waals surface area (Å²) in [6.07, 6.45) is 1.58. The first-order valence-electron chi connectivity index (χ1n) is 7.28. The Morgan fingerprint density at radius 1 is 1.31 bits per heavy atom. The van der Waals surface area contributed by atoms with Crippen molar-refractivity contribution in [2.24, 2.45) is 10.2 Å². The zero-order valence-electron chi connectivity index (χ0n) is 13.8. The molecule has 1 aromatic carbocycles. The van der Waals surface area contributed by atoms with Gasteiger partial charge in [-0.3, -0.25) is 10.1 Å². The van der Waals surface area contributed by atoms with Gasteiger partial charge in [0.2, 0.25) is 0 Å². The number of benzene rings is 1. The lowest BCUT2D eigenvalue weighted by molar-refractivity contribution is -0.144. The predicted molar refractivity (Wildman–Crippen MR) is 95.0 cm³/mol. The fourth-order valence-electron chi connectivity index (χ4n) is 1.68. The minimum atomic E-state index is -1.05. The summed E-state index contributed by atoms with van der Waals surface area (Å²) in [5.41, 5.74) is 0.698. The van der Waals surface area contributed by atoms with Crippen LogP contribution in [0.1, 0.15) is 12.5 Å². The van der Waals surface area contributed by atoms with Crippen LogP contribution in [0.3, 0.4) is 0 Å². The Kier molecular flexibility index (Phi) is 6.50. The van der Waals surface area contributed by atoms with E-state index in [1.807, 2.05) is 0 Å². The van der Waals surface area contributed by atoms with Crippen molar-refractivity contribution in [3.8, 4) is 5.75 Å². The van der Waals surface area contributed by atoms with Crippen molar-refractivity contribution < 1.29 is 29.0 Å². The molecule has 0 radical (unpaired) electrons. The number of aliphatic carboxylic acids is 1. The van der Waals surface area contributed by atoms with E-state index in [0.717, 1.165) is 17.8 Å². The Morgan fingerprint density at radius 2 is 2.00 bits per heavy atom. The van der Waals surface area contributed by atoms with Crippen LogP contribution in [-0.2, 0) is 19.1 Å². The monoisotopic (exact) mass is 377 g/mol. The lowest BCUT2D eigenvalue weighted by atomic mass is 10.2. The third kappa shape index (κ3) is 5.45. The number of amidine groups is 1. The number of esters is 1.